The van der Waals surface area contributed by atoms with E-state index in [2.05, 4.69) is 0 Å². The summed E-state index contributed by atoms with van der Waals surface area (Å²) in [6.45, 7) is 9.48. The topological polar surface area (TPSA) is 82.1 Å². The Balaban J connectivity index is 1.96. The molecule has 28 heavy (non-hydrogen) atoms. The lowest BCUT2D eigenvalue weighted by molar-refractivity contribution is -0.208. The van der Waals surface area contributed by atoms with E-state index in [0.717, 1.165) is 17.6 Å². The van der Waals surface area contributed by atoms with Crippen molar-refractivity contribution in [2.24, 2.45) is 11.3 Å². The first kappa shape index (κ1) is 20.8. The normalized spacial score (nSPS) is 37.8. The third-order valence-corrected chi connectivity index (χ3v) is 6.95. The highest BCUT2D eigenvalue weighted by atomic mass is 16.7. The SMILES string of the molecule is CCC(C)=CC(=O)OC1CC=C2CC3(OC)OC(=O)C(C)=C3C(O)C2(C)C1C. The predicted octanol–water partition coefficient (Wildman–Crippen LogP) is 3.21. The summed E-state index contributed by atoms with van der Waals surface area (Å²) in [5.41, 5.74) is 2.12. The van der Waals surface area contributed by atoms with Gasteiger partial charge < -0.3 is 19.3 Å². The fraction of sp³-hybridized carbons (Fsp3) is 0.636. The fourth-order valence-electron chi connectivity index (χ4n) is 4.68. The van der Waals surface area contributed by atoms with Gasteiger partial charge in [-0.25, -0.2) is 9.59 Å². The van der Waals surface area contributed by atoms with E-state index in [4.69, 9.17) is 14.2 Å². The Kier molecular flexibility index (Phi) is 5.32. The van der Waals surface area contributed by atoms with Crippen molar-refractivity contribution in [1.82, 2.24) is 0 Å². The van der Waals surface area contributed by atoms with Gasteiger partial charge in [0, 0.05) is 48.5 Å². The molecule has 0 aromatic rings. The molecule has 1 heterocycles. The molecule has 154 valence electrons. The summed E-state index contributed by atoms with van der Waals surface area (Å²) in [6, 6.07) is 0. The number of fused-ring (bicyclic) bond motifs is 2. The Morgan fingerprint density at radius 1 is 1.46 bits per heavy atom. The maximum atomic E-state index is 12.3. The Labute approximate surface area is 166 Å². The van der Waals surface area contributed by atoms with Crippen LogP contribution in [0.15, 0.2) is 34.4 Å². The van der Waals surface area contributed by atoms with Crippen LogP contribution in [0.5, 0.6) is 0 Å². The van der Waals surface area contributed by atoms with E-state index in [1.54, 1.807) is 6.92 Å². The van der Waals surface area contributed by atoms with Crippen LogP contribution >= 0.6 is 0 Å². The van der Waals surface area contributed by atoms with Crippen LogP contribution < -0.4 is 0 Å². The number of aliphatic hydroxyl groups excluding tert-OH is 1. The Morgan fingerprint density at radius 2 is 2.14 bits per heavy atom. The molecule has 3 aliphatic rings. The zero-order valence-corrected chi connectivity index (χ0v) is 17.5. The van der Waals surface area contributed by atoms with E-state index >= 15 is 0 Å². The summed E-state index contributed by atoms with van der Waals surface area (Å²) in [6.07, 6.45) is 3.91. The van der Waals surface area contributed by atoms with E-state index in [1.165, 1.54) is 13.2 Å². The maximum Gasteiger partial charge on any atom is 0.336 e. The summed E-state index contributed by atoms with van der Waals surface area (Å²) in [5.74, 6) is -2.21. The standard InChI is InChI=1S/C22H30O6/c1-7-12(2)10-17(23)27-16-9-8-15-11-22(26-6)18(13(3)20(25)28-22)19(24)21(15,5)14(16)4/h8,10,14,16,19,24H,7,9,11H2,1-6H3. The van der Waals surface area contributed by atoms with Crippen LogP contribution in [-0.2, 0) is 23.8 Å². The molecule has 0 radical (unpaired) electrons. The van der Waals surface area contributed by atoms with E-state index in [0.29, 0.717) is 24.0 Å². The van der Waals surface area contributed by atoms with Crippen LogP contribution in [-0.4, -0.2) is 42.1 Å². The van der Waals surface area contributed by atoms with Crippen LogP contribution in [0.3, 0.4) is 0 Å². The van der Waals surface area contributed by atoms with Gasteiger partial charge in [0.1, 0.15) is 6.10 Å². The van der Waals surface area contributed by atoms with Gasteiger partial charge in [-0.2, -0.15) is 0 Å². The quantitative estimate of drug-likeness (QED) is 0.451. The molecule has 1 N–H and O–H groups in total. The van der Waals surface area contributed by atoms with Crippen LogP contribution in [0.1, 0.15) is 53.9 Å². The number of hydrogen-bond donors (Lipinski definition) is 1. The summed E-state index contributed by atoms with van der Waals surface area (Å²) in [5, 5.41) is 11.4. The first-order valence-electron chi connectivity index (χ1n) is 9.85. The molecule has 2 aliphatic carbocycles. The Bertz CT molecular complexity index is 791. The molecule has 0 aromatic carbocycles. The average Bonchev–Trinajstić information content (AvgIpc) is 2.91. The highest BCUT2D eigenvalue weighted by Crippen LogP contribution is 2.58. The van der Waals surface area contributed by atoms with Gasteiger partial charge in [0.25, 0.3) is 0 Å². The number of aliphatic hydroxyl groups is 1. The second-order valence-electron chi connectivity index (χ2n) is 8.32. The molecule has 3 rings (SSSR count). The molecule has 0 bridgehead atoms. The number of rotatable bonds is 4. The van der Waals surface area contributed by atoms with Crippen LogP contribution in [0.25, 0.3) is 0 Å². The lowest BCUT2D eigenvalue weighted by atomic mass is 9.56. The fourth-order valence-corrected chi connectivity index (χ4v) is 4.68. The minimum Gasteiger partial charge on any atom is -0.459 e. The summed E-state index contributed by atoms with van der Waals surface area (Å²) in [7, 11) is 1.49. The van der Waals surface area contributed by atoms with Gasteiger partial charge in [-0.05, 0) is 20.3 Å². The van der Waals surface area contributed by atoms with Crippen LogP contribution in [0.4, 0.5) is 0 Å². The average molecular weight is 390 g/mol. The number of hydrogen-bond acceptors (Lipinski definition) is 6. The molecule has 6 heteroatoms. The molecular formula is C22H30O6. The molecule has 1 aliphatic heterocycles. The van der Waals surface area contributed by atoms with Gasteiger partial charge in [-0.1, -0.05) is 38.0 Å². The van der Waals surface area contributed by atoms with Crippen LogP contribution in [0, 0.1) is 11.3 Å². The molecule has 5 atom stereocenters. The van der Waals surface area contributed by atoms with Gasteiger partial charge in [-0.3, -0.25) is 0 Å². The monoisotopic (exact) mass is 390 g/mol. The smallest absolute Gasteiger partial charge is 0.336 e. The molecule has 0 amide bonds. The minimum atomic E-state index is -1.24. The van der Waals surface area contributed by atoms with Gasteiger partial charge in [0.15, 0.2) is 0 Å². The molecule has 1 fully saturated rings. The number of allylic oxidation sites excluding steroid dienone is 1. The van der Waals surface area contributed by atoms with E-state index < -0.39 is 23.3 Å². The Morgan fingerprint density at radius 3 is 2.75 bits per heavy atom. The number of carbonyl (C=O) groups is 2. The third kappa shape index (κ3) is 2.94. The van der Waals surface area contributed by atoms with Gasteiger partial charge in [0.05, 0.1) is 6.10 Å². The Hall–Kier alpha value is -1.92. The molecule has 6 nitrogen and oxygen atoms in total. The van der Waals surface area contributed by atoms with Gasteiger partial charge >= 0.3 is 11.9 Å². The van der Waals surface area contributed by atoms with Crippen molar-refractivity contribution in [3.05, 3.63) is 34.4 Å². The number of esters is 2. The predicted molar refractivity (Wildman–Crippen MR) is 103 cm³/mol. The molecule has 0 saturated heterocycles. The molecule has 0 aromatic heterocycles. The van der Waals surface area contributed by atoms with Crippen molar-refractivity contribution in [2.75, 3.05) is 7.11 Å². The van der Waals surface area contributed by atoms with Crippen LogP contribution in [0.2, 0.25) is 0 Å². The van der Waals surface area contributed by atoms with E-state index in [1.807, 2.05) is 33.8 Å². The number of methoxy groups -OCH3 is 1. The number of ether oxygens (including phenoxy) is 3. The lowest BCUT2D eigenvalue weighted by Crippen LogP contribution is -2.57. The second kappa shape index (κ2) is 7.16. The van der Waals surface area contributed by atoms with E-state index in [-0.39, 0.29) is 18.0 Å². The molecule has 5 unspecified atom stereocenters. The third-order valence-electron chi connectivity index (χ3n) is 6.95. The summed E-state index contributed by atoms with van der Waals surface area (Å²) in [4.78, 5) is 24.5. The van der Waals surface area contributed by atoms with Crippen molar-refractivity contribution < 1.29 is 28.9 Å². The molecule has 1 saturated carbocycles. The summed E-state index contributed by atoms with van der Waals surface area (Å²) < 4.78 is 16.9. The van der Waals surface area contributed by atoms with Crippen molar-refractivity contribution >= 4 is 11.9 Å². The van der Waals surface area contributed by atoms with Crippen molar-refractivity contribution in [2.45, 2.75) is 71.9 Å². The zero-order chi connectivity index (χ0) is 20.9. The molecular weight excluding hydrogens is 360 g/mol. The van der Waals surface area contributed by atoms with Gasteiger partial charge in [-0.15, -0.1) is 0 Å². The maximum absolute atomic E-state index is 12.3. The highest BCUT2D eigenvalue weighted by Gasteiger charge is 2.62. The largest absolute Gasteiger partial charge is 0.459 e. The minimum absolute atomic E-state index is 0.146. The van der Waals surface area contributed by atoms with E-state index in [9.17, 15) is 14.7 Å². The first-order chi connectivity index (χ1) is 13.1. The highest BCUT2D eigenvalue weighted by molar-refractivity contribution is 5.93. The zero-order valence-electron chi connectivity index (χ0n) is 17.5. The second-order valence-corrected chi connectivity index (χ2v) is 8.32. The number of carbonyl (C=O) groups excluding carboxylic acids is 2. The van der Waals surface area contributed by atoms with Crippen molar-refractivity contribution in [3.8, 4) is 0 Å². The van der Waals surface area contributed by atoms with Crippen molar-refractivity contribution in [1.29, 1.82) is 0 Å². The van der Waals surface area contributed by atoms with Gasteiger partial charge in [0.2, 0.25) is 5.79 Å². The van der Waals surface area contributed by atoms with Crippen molar-refractivity contribution in [3.63, 3.8) is 0 Å². The first-order valence-corrected chi connectivity index (χ1v) is 9.85. The summed E-state index contributed by atoms with van der Waals surface area (Å²) >= 11 is 0. The lowest BCUT2D eigenvalue weighted by Gasteiger charge is -2.53. The molecule has 0 spiro atoms.